The summed E-state index contributed by atoms with van der Waals surface area (Å²) in [6, 6.07) is 0. The molecule has 0 aromatic carbocycles. The number of carboxylic acids is 1. The fourth-order valence-electron chi connectivity index (χ4n) is 1.86. The molecule has 0 unspecified atom stereocenters. The number of aromatic amines is 1. The number of thioether (sulfide) groups is 1. The van der Waals surface area contributed by atoms with Crippen LogP contribution in [0.3, 0.4) is 0 Å². The second-order valence-corrected chi connectivity index (χ2v) is 5.53. The number of hydrogen-bond acceptors (Lipinski definition) is 6. The molecule has 2 rings (SSSR count). The summed E-state index contributed by atoms with van der Waals surface area (Å²) in [6.45, 7) is 5.85. The van der Waals surface area contributed by atoms with Crippen LogP contribution in [-0.2, 0) is 18.4 Å². The van der Waals surface area contributed by atoms with Crippen LogP contribution >= 0.6 is 11.8 Å². The Kier molecular flexibility index (Phi) is 4.03. The Morgan fingerprint density at radius 3 is 2.71 bits per heavy atom. The second-order valence-electron chi connectivity index (χ2n) is 4.59. The number of carbonyl (C=O) groups is 1. The van der Waals surface area contributed by atoms with Gasteiger partial charge < -0.3 is 14.5 Å². The SMILES string of the molecule is C=C(C)Cn1c(SCC(=O)[O-])nc2c1c(=O)[nH]c(=O)n2C. The highest BCUT2D eigenvalue weighted by molar-refractivity contribution is 7.99. The minimum absolute atomic E-state index is 0.200. The minimum Gasteiger partial charge on any atom is -0.549 e. The summed E-state index contributed by atoms with van der Waals surface area (Å²) < 4.78 is 2.75. The van der Waals surface area contributed by atoms with Crippen LogP contribution in [0.5, 0.6) is 0 Å². The maximum absolute atomic E-state index is 12.0. The highest BCUT2D eigenvalue weighted by Gasteiger charge is 2.17. The number of fused-ring (bicyclic) bond motifs is 1. The van der Waals surface area contributed by atoms with Gasteiger partial charge in [0.15, 0.2) is 16.3 Å². The van der Waals surface area contributed by atoms with E-state index in [0.717, 1.165) is 17.3 Å². The van der Waals surface area contributed by atoms with Gasteiger partial charge in [0.25, 0.3) is 5.56 Å². The normalized spacial score (nSPS) is 11.0. The number of rotatable bonds is 5. The number of imidazole rings is 1. The fraction of sp³-hybridized carbons (Fsp3) is 0.333. The van der Waals surface area contributed by atoms with Gasteiger partial charge in [0, 0.05) is 19.3 Å². The summed E-state index contributed by atoms with van der Waals surface area (Å²) in [5.41, 5.74) is 0.0238. The van der Waals surface area contributed by atoms with Crippen LogP contribution in [0.1, 0.15) is 6.92 Å². The lowest BCUT2D eigenvalue weighted by atomic mass is 10.3. The summed E-state index contributed by atoms with van der Waals surface area (Å²) in [5, 5.41) is 10.9. The average molecular weight is 309 g/mol. The van der Waals surface area contributed by atoms with Gasteiger partial charge in [0.05, 0.1) is 5.97 Å². The first-order valence-corrected chi connectivity index (χ1v) is 6.96. The zero-order valence-electron chi connectivity index (χ0n) is 11.5. The molecular weight excluding hydrogens is 296 g/mol. The molecule has 0 amide bonds. The molecule has 0 aliphatic rings. The summed E-state index contributed by atoms with van der Waals surface area (Å²) in [7, 11) is 1.48. The fourth-order valence-corrected chi connectivity index (χ4v) is 2.57. The van der Waals surface area contributed by atoms with Gasteiger partial charge in [0.1, 0.15) is 0 Å². The molecule has 112 valence electrons. The Labute approximate surface area is 123 Å². The number of carboxylic acid groups (broad SMARTS) is 1. The van der Waals surface area contributed by atoms with Crippen molar-refractivity contribution in [2.24, 2.45) is 7.05 Å². The molecule has 0 saturated carbocycles. The predicted molar refractivity (Wildman–Crippen MR) is 76.1 cm³/mol. The van der Waals surface area contributed by atoms with E-state index in [1.165, 1.54) is 11.6 Å². The van der Waals surface area contributed by atoms with Gasteiger partial charge in [-0.25, -0.2) is 9.78 Å². The van der Waals surface area contributed by atoms with Crippen molar-refractivity contribution in [1.82, 2.24) is 19.1 Å². The monoisotopic (exact) mass is 309 g/mol. The van der Waals surface area contributed by atoms with Crippen LogP contribution in [0.4, 0.5) is 0 Å². The Bertz CT molecular complexity index is 845. The van der Waals surface area contributed by atoms with Crippen LogP contribution < -0.4 is 16.4 Å². The van der Waals surface area contributed by atoms with Crippen LogP contribution in [0, 0.1) is 0 Å². The van der Waals surface area contributed by atoms with Gasteiger partial charge in [-0.3, -0.25) is 14.3 Å². The van der Waals surface area contributed by atoms with Crippen molar-refractivity contribution in [3.05, 3.63) is 33.0 Å². The molecule has 8 nitrogen and oxygen atoms in total. The largest absolute Gasteiger partial charge is 0.549 e. The van der Waals surface area contributed by atoms with Crippen molar-refractivity contribution in [3.8, 4) is 0 Å². The lowest BCUT2D eigenvalue weighted by Gasteiger charge is -2.08. The predicted octanol–water partition coefficient (Wildman–Crippen LogP) is -1.16. The van der Waals surface area contributed by atoms with Crippen LogP contribution in [0.25, 0.3) is 11.2 Å². The molecule has 0 aliphatic heterocycles. The minimum atomic E-state index is -1.24. The summed E-state index contributed by atoms with van der Waals surface area (Å²) >= 11 is 0.927. The van der Waals surface area contributed by atoms with Crippen molar-refractivity contribution < 1.29 is 9.90 Å². The van der Waals surface area contributed by atoms with Gasteiger partial charge in [-0.1, -0.05) is 23.9 Å². The summed E-state index contributed by atoms with van der Waals surface area (Å²) in [5.74, 6) is -1.54. The highest BCUT2D eigenvalue weighted by atomic mass is 32.2. The lowest BCUT2D eigenvalue weighted by Crippen LogP contribution is -2.29. The number of hydrogen-bond donors (Lipinski definition) is 1. The Hall–Kier alpha value is -2.29. The topological polar surface area (TPSA) is 113 Å². The van der Waals surface area contributed by atoms with Crippen molar-refractivity contribution in [3.63, 3.8) is 0 Å². The van der Waals surface area contributed by atoms with Crippen molar-refractivity contribution in [1.29, 1.82) is 0 Å². The number of aliphatic carboxylic acids is 1. The number of nitrogens with one attached hydrogen (secondary N) is 1. The molecular formula is C12H13N4O4S-. The van der Waals surface area contributed by atoms with Crippen LogP contribution in [-0.4, -0.2) is 30.8 Å². The molecule has 2 heterocycles. The molecule has 0 saturated heterocycles. The number of aromatic nitrogens is 4. The third kappa shape index (κ3) is 2.92. The van der Waals surface area contributed by atoms with Crippen molar-refractivity contribution >= 4 is 28.9 Å². The zero-order valence-corrected chi connectivity index (χ0v) is 12.3. The maximum atomic E-state index is 12.0. The number of H-pyrrole nitrogens is 1. The van der Waals surface area contributed by atoms with Gasteiger partial charge >= 0.3 is 5.69 Å². The number of nitrogens with zero attached hydrogens (tertiary/aromatic N) is 3. The lowest BCUT2D eigenvalue weighted by molar-refractivity contribution is -0.301. The Morgan fingerprint density at radius 1 is 1.48 bits per heavy atom. The Morgan fingerprint density at radius 2 is 2.14 bits per heavy atom. The van der Waals surface area contributed by atoms with Crippen LogP contribution in [0.15, 0.2) is 26.9 Å². The van der Waals surface area contributed by atoms with E-state index >= 15 is 0 Å². The second kappa shape index (κ2) is 5.60. The molecule has 1 N–H and O–H groups in total. The summed E-state index contributed by atoms with van der Waals surface area (Å²) in [6.07, 6.45) is 0. The van der Waals surface area contributed by atoms with E-state index in [1.807, 2.05) is 0 Å². The molecule has 21 heavy (non-hydrogen) atoms. The van der Waals surface area contributed by atoms with Crippen LogP contribution in [0.2, 0.25) is 0 Å². The van der Waals surface area contributed by atoms with Gasteiger partial charge in [-0.2, -0.15) is 0 Å². The molecule has 0 aliphatic carbocycles. The molecule has 0 atom stereocenters. The average Bonchev–Trinajstić information content (AvgIpc) is 2.72. The van der Waals surface area contributed by atoms with E-state index < -0.39 is 17.2 Å². The number of carbonyl (C=O) groups excluding carboxylic acids is 1. The molecule has 0 radical (unpaired) electrons. The molecule has 0 spiro atoms. The van der Waals surface area contributed by atoms with Gasteiger partial charge in [-0.15, -0.1) is 0 Å². The van der Waals surface area contributed by atoms with E-state index in [-0.39, 0.29) is 16.9 Å². The molecule has 2 aromatic rings. The Balaban J connectivity index is 2.72. The summed E-state index contributed by atoms with van der Waals surface area (Å²) in [4.78, 5) is 40.6. The van der Waals surface area contributed by atoms with Crippen molar-refractivity contribution in [2.75, 3.05) is 5.75 Å². The first-order valence-electron chi connectivity index (χ1n) is 5.98. The van der Waals surface area contributed by atoms with Crippen molar-refractivity contribution in [2.45, 2.75) is 18.6 Å². The quantitative estimate of drug-likeness (QED) is 0.551. The van der Waals surface area contributed by atoms with Gasteiger partial charge in [-0.05, 0) is 6.92 Å². The first kappa shape index (κ1) is 15.1. The number of aryl methyl sites for hydroxylation is 1. The third-order valence-corrected chi connectivity index (χ3v) is 3.67. The van der Waals surface area contributed by atoms with E-state index in [0.29, 0.717) is 11.7 Å². The number of allylic oxidation sites excluding steroid dienone is 1. The highest BCUT2D eigenvalue weighted by Crippen LogP contribution is 2.22. The zero-order chi connectivity index (χ0) is 15.7. The molecule has 9 heteroatoms. The molecule has 2 aromatic heterocycles. The molecule has 0 fully saturated rings. The molecule has 0 bridgehead atoms. The van der Waals surface area contributed by atoms with Gasteiger partial charge in [0.2, 0.25) is 0 Å². The van der Waals surface area contributed by atoms with E-state index in [4.69, 9.17) is 0 Å². The van der Waals surface area contributed by atoms with E-state index in [2.05, 4.69) is 16.5 Å². The maximum Gasteiger partial charge on any atom is 0.329 e. The first-order chi connectivity index (χ1) is 9.81. The van der Waals surface area contributed by atoms with E-state index in [1.54, 1.807) is 11.5 Å². The standard InChI is InChI=1S/C12H14N4O4S/c1-6(2)4-16-8-9(13-12(16)21-5-7(17)18)15(3)11(20)14-10(8)19/h1,4-5H2,2-3H3,(H,17,18)(H,14,19,20)/p-1. The smallest absolute Gasteiger partial charge is 0.329 e. The van der Waals surface area contributed by atoms with E-state index in [9.17, 15) is 19.5 Å². The third-order valence-electron chi connectivity index (χ3n) is 2.72.